The van der Waals surface area contributed by atoms with Gasteiger partial charge in [0.1, 0.15) is 5.82 Å². The Kier molecular flexibility index (Phi) is 5.24. The summed E-state index contributed by atoms with van der Waals surface area (Å²) >= 11 is 0. The summed E-state index contributed by atoms with van der Waals surface area (Å²) in [5.74, 6) is -1.26. The van der Waals surface area contributed by atoms with Crippen LogP contribution in [0.25, 0.3) is 0 Å². The van der Waals surface area contributed by atoms with Crippen LogP contribution in [0.15, 0.2) is 30.3 Å². The standard InChI is InChI=1S/C15H17FN4O2/c1-2-3-12-9-13(18-17-12)15(22)20-19-14(21)8-10-4-6-11(16)7-5-10/h4-7,9H,2-3,8H2,1H3,(H,17,18)(H,19,21)(H,20,22). The van der Waals surface area contributed by atoms with Crippen molar-refractivity contribution in [1.82, 2.24) is 21.0 Å². The molecule has 2 amide bonds. The lowest BCUT2D eigenvalue weighted by molar-refractivity contribution is -0.121. The van der Waals surface area contributed by atoms with Gasteiger partial charge in [-0.15, -0.1) is 0 Å². The number of aromatic amines is 1. The topological polar surface area (TPSA) is 86.9 Å². The van der Waals surface area contributed by atoms with Crippen LogP contribution in [0, 0.1) is 5.82 Å². The van der Waals surface area contributed by atoms with Crippen molar-refractivity contribution in [3.05, 3.63) is 53.1 Å². The number of nitrogens with zero attached hydrogens (tertiary/aromatic N) is 1. The highest BCUT2D eigenvalue weighted by molar-refractivity contribution is 5.93. The Balaban J connectivity index is 1.82. The number of aromatic nitrogens is 2. The minimum atomic E-state index is -0.494. The van der Waals surface area contributed by atoms with Gasteiger partial charge in [0.2, 0.25) is 5.91 Å². The first-order valence-corrected chi connectivity index (χ1v) is 6.96. The van der Waals surface area contributed by atoms with E-state index in [1.54, 1.807) is 6.07 Å². The average molecular weight is 304 g/mol. The van der Waals surface area contributed by atoms with Gasteiger partial charge in [0.05, 0.1) is 6.42 Å². The second-order valence-corrected chi connectivity index (χ2v) is 4.83. The van der Waals surface area contributed by atoms with Gasteiger partial charge in [-0.1, -0.05) is 25.5 Å². The molecule has 0 aliphatic heterocycles. The average Bonchev–Trinajstić information content (AvgIpc) is 2.96. The van der Waals surface area contributed by atoms with Crippen LogP contribution in [0.2, 0.25) is 0 Å². The lowest BCUT2D eigenvalue weighted by Crippen LogP contribution is -2.42. The molecule has 0 saturated heterocycles. The van der Waals surface area contributed by atoms with Gasteiger partial charge in [-0.3, -0.25) is 25.5 Å². The smallest absolute Gasteiger partial charge is 0.282 e. The molecule has 0 unspecified atom stereocenters. The van der Waals surface area contributed by atoms with Gasteiger partial charge in [0.15, 0.2) is 5.69 Å². The van der Waals surface area contributed by atoms with Crippen LogP contribution in [-0.4, -0.2) is 22.0 Å². The molecule has 2 rings (SSSR count). The molecule has 116 valence electrons. The third-order valence-corrected chi connectivity index (χ3v) is 2.98. The van der Waals surface area contributed by atoms with Gasteiger partial charge in [-0.2, -0.15) is 5.10 Å². The predicted octanol–water partition coefficient (Wildman–Crippen LogP) is 1.50. The van der Waals surface area contributed by atoms with Gasteiger partial charge >= 0.3 is 0 Å². The summed E-state index contributed by atoms with van der Waals surface area (Å²) in [7, 11) is 0. The minimum Gasteiger partial charge on any atom is -0.282 e. The van der Waals surface area contributed by atoms with Gasteiger partial charge in [0, 0.05) is 5.69 Å². The number of hydrogen-bond donors (Lipinski definition) is 3. The van der Waals surface area contributed by atoms with Gasteiger partial charge < -0.3 is 0 Å². The first-order chi connectivity index (χ1) is 10.6. The molecule has 0 spiro atoms. The quantitative estimate of drug-likeness (QED) is 0.732. The van der Waals surface area contributed by atoms with Crippen LogP contribution >= 0.6 is 0 Å². The summed E-state index contributed by atoms with van der Waals surface area (Å²) in [5, 5.41) is 6.64. The molecule has 22 heavy (non-hydrogen) atoms. The van der Waals surface area contributed by atoms with Crippen molar-refractivity contribution in [3.8, 4) is 0 Å². The third-order valence-electron chi connectivity index (χ3n) is 2.98. The number of rotatable bonds is 5. The molecule has 3 N–H and O–H groups in total. The van der Waals surface area contributed by atoms with Crippen LogP contribution < -0.4 is 10.9 Å². The third kappa shape index (κ3) is 4.41. The number of amides is 2. The lowest BCUT2D eigenvalue weighted by Gasteiger charge is -2.05. The molecule has 0 fully saturated rings. The largest absolute Gasteiger partial charge is 0.290 e. The van der Waals surface area contributed by atoms with E-state index in [9.17, 15) is 14.0 Å². The molecular formula is C15H17FN4O2. The molecule has 0 atom stereocenters. The Bertz CT molecular complexity index is 652. The van der Waals surface area contributed by atoms with Crippen LogP contribution in [0.3, 0.4) is 0 Å². The molecule has 1 heterocycles. The lowest BCUT2D eigenvalue weighted by atomic mass is 10.1. The molecule has 1 aromatic heterocycles. The van der Waals surface area contributed by atoms with E-state index in [4.69, 9.17) is 0 Å². The fourth-order valence-corrected chi connectivity index (χ4v) is 1.90. The SMILES string of the molecule is CCCc1cc(C(=O)NNC(=O)Cc2ccc(F)cc2)n[nH]1. The second-order valence-electron chi connectivity index (χ2n) is 4.83. The fraction of sp³-hybridized carbons (Fsp3) is 0.267. The maximum Gasteiger partial charge on any atom is 0.290 e. The molecule has 6 nitrogen and oxygen atoms in total. The molecule has 0 aliphatic carbocycles. The van der Waals surface area contributed by atoms with E-state index >= 15 is 0 Å². The minimum absolute atomic E-state index is 0.0439. The molecule has 0 radical (unpaired) electrons. The molecule has 1 aromatic carbocycles. The number of carbonyl (C=O) groups is 2. The first kappa shape index (κ1) is 15.7. The summed E-state index contributed by atoms with van der Waals surface area (Å²) in [5.41, 5.74) is 6.32. The fourth-order valence-electron chi connectivity index (χ4n) is 1.90. The van der Waals surface area contributed by atoms with Crippen molar-refractivity contribution in [2.24, 2.45) is 0 Å². The molecule has 0 saturated carbocycles. The first-order valence-electron chi connectivity index (χ1n) is 6.96. The number of benzene rings is 1. The maximum atomic E-state index is 12.8. The summed E-state index contributed by atoms with van der Waals surface area (Å²) < 4.78 is 12.8. The number of nitrogens with one attached hydrogen (secondary N) is 3. The summed E-state index contributed by atoms with van der Waals surface area (Å²) in [4.78, 5) is 23.5. The highest BCUT2D eigenvalue weighted by atomic mass is 19.1. The highest BCUT2D eigenvalue weighted by Crippen LogP contribution is 2.04. The summed E-state index contributed by atoms with van der Waals surface area (Å²) in [6.45, 7) is 2.02. The molecule has 0 bridgehead atoms. The monoisotopic (exact) mass is 304 g/mol. The second kappa shape index (κ2) is 7.35. The van der Waals surface area contributed by atoms with E-state index in [0.717, 1.165) is 18.5 Å². The number of hydrogen-bond acceptors (Lipinski definition) is 3. The van der Waals surface area contributed by atoms with Crippen molar-refractivity contribution < 1.29 is 14.0 Å². The summed E-state index contributed by atoms with van der Waals surface area (Å²) in [6, 6.07) is 7.23. The normalized spacial score (nSPS) is 10.3. The number of halogens is 1. The van der Waals surface area contributed by atoms with Crippen LogP contribution in [0.1, 0.15) is 35.1 Å². The Hall–Kier alpha value is -2.70. The number of carbonyl (C=O) groups excluding carboxylic acids is 2. The van der Waals surface area contributed by atoms with Gasteiger partial charge in [0.25, 0.3) is 5.91 Å². The van der Waals surface area contributed by atoms with E-state index in [0.29, 0.717) is 5.56 Å². The maximum absolute atomic E-state index is 12.8. The van der Waals surface area contributed by atoms with Crippen molar-refractivity contribution in [2.75, 3.05) is 0 Å². The number of hydrazine groups is 1. The zero-order valence-electron chi connectivity index (χ0n) is 12.1. The van der Waals surface area contributed by atoms with Gasteiger partial charge in [-0.05, 0) is 30.2 Å². The Morgan fingerprint density at radius 2 is 1.95 bits per heavy atom. The van der Waals surface area contributed by atoms with E-state index in [1.165, 1.54) is 24.3 Å². The van der Waals surface area contributed by atoms with Crippen molar-refractivity contribution >= 4 is 11.8 Å². The highest BCUT2D eigenvalue weighted by Gasteiger charge is 2.11. The van der Waals surface area contributed by atoms with Crippen molar-refractivity contribution in [3.63, 3.8) is 0 Å². The molecule has 2 aromatic rings. The molecule has 7 heteroatoms. The van der Waals surface area contributed by atoms with Crippen LogP contribution in [0.4, 0.5) is 4.39 Å². The number of H-pyrrole nitrogens is 1. The Morgan fingerprint density at radius 1 is 1.23 bits per heavy atom. The molecule has 0 aliphatic rings. The molecular weight excluding hydrogens is 287 g/mol. The Morgan fingerprint density at radius 3 is 2.64 bits per heavy atom. The summed E-state index contributed by atoms with van der Waals surface area (Å²) in [6.07, 6.45) is 1.79. The van der Waals surface area contributed by atoms with Crippen LogP contribution in [0.5, 0.6) is 0 Å². The van der Waals surface area contributed by atoms with E-state index < -0.39 is 11.8 Å². The zero-order valence-corrected chi connectivity index (χ0v) is 12.1. The van der Waals surface area contributed by atoms with Crippen molar-refractivity contribution in [2.45, 2.75) is 26.2 Å². The predicted molar refractivity (Wildman–Crippen MR) is 78.3 cm³/mol. The van der Waals surface area contributed by atoms with Crippen molar-refractivity contribution in [1.29, 1.82) is 0 Å². The van der Waals surface area contributed by atoms with Crippen LogP contribution in [-0.2, 0) is 17.6 Å². The van der Waals surface area contributed by atoms with Gasteiger partial charge in [-0.25, -0.2) is 4.39 Å². The Labute approximate surface area is 127 Å². The van der Waals surface area contributed by atoms with E-state index in [1.807, 2.05) is 6.92 Å². The number of aryl methyl sites for hydroxylation is 1. The van der Waals surface area contributed by atoms with E-state index in [-0.39, 0.29) is 17.9 Å². The van der Waals surface area contributed by atoms with E-state index in [2.05, 4.69) is 21.0 Å². The zero-order chi connectivity index (χ0) is 15.9.